The number of halogens is 1. The van der Waals surface area contributed by atoms with E-state index < -0.39 is 24.5 Å². The second kappa shape index (κ2) is 7.20. The van der Waals surface area contributed by atoms with Gasteiger partial charge in [0.1, 0.15) is 6.04 Å². The number of esters is 1. The van der Waals surface area contributed by atoms with Crippen LogP contribution in [0.3, 0.4) is 0 Å². The van der Waals surface area contributed by atoms with E-state index in [9.17, 15) is 19.2 Å². The maximum Gasteiger partial charge on any atom is 0.329 e. The minimum Gasteiger partial charge on any atom is -0.454 e. The van der Waals surface area contributed by atoms with Crippen LogP contribution in [0, 0.1) is 23.7 Å². The number of anilines is 1. The van der Waals surface area contributed by atoms with Crippen molar-refractivity contribution in [3.8, 4) is 0 Å². The highest BCUT2D eigenvalue weighted by Gasteiger charge is 2.62. The fourth-order valence-electron chi connectivity index (χ4n) is 4.91. The molecule has 3 fully saturated rings. The number of carbonyl (C=O) groups excluding carboxylic acids is 4. The van der Waals surface area contributed by atoms with Crippen molar-refractivity contribution in [3.63, 3.8) is 0 Å². The van der Waals surface area contributed by atoms with Crippen molar-refractivity contribution in [1.82, 2.24) is 4.90 Å². The van der Waals surface area contributed by atoms with Crippen molar-refractivity contribution in [2.45, 2.75) is 32.2 Å². The average Bonchev–Trinajstić information content (AvgIpc) is 3.35. The van der Waals surface area contributed by atoms with Crippen molar-refractivity contribution in [2.75, 3.05) is 11.9 Å². The lowest BCUT2D eigenvalue weighted by Crippen LogP contribution is -2.45. The summed E-state index contributed by atoms with van der Waals surface area (Å²) >= 11 is 5.79. The number of likely N-dealkylation sites (tertiary alicyclic amines) is 1. The molecule has 0 radical (unpaired) electrons. The van der Waals surface area contributed by atoms with E-state index >= 15 is 0 Å². The highest BCUT2D eigenvalue weighted by atomic mass is 35.5. The van der Waals surface area contributed by atoms with Crippen molar-refractivity contribution in [1.29, 1.82) is 0 Å². The molecule has 1 aliphatic heterocycles. The molecule has 3 aliphatic rings. The Labute approximate surface area is 167 Å². The summed E-state index contributed by atoms with van der Waals surface area (Å²) in [5.74, 6) is -1.87. The Hall–Kier alpha value is -2.41. The van der Waals surface area contributed by atoms with E-state index in [2.05, 4.69) is 5.32 Å². The molecule has 0 unspecified atom stereocenters. The maximum absolute atomic E-state index is 12.7. The van der Waals surface area contributed by atoms with Crippen LogP contribution in [0.15, 0.2) is 24.3 Å². The number of fused-ring (bicyclic) bond motifs is 5. The van der Waals surface area contributed by atoms with Gasteiger partial charge in [-0.3, -0.25) is 19.3 Å². The molecule has 0 spiro atoms. The molecular formula is C20H21ClN2O5. The summed E-state index contributed by atoms with van der Waals surface area (Å²) in [6.07, 6.45) is 2.88. The SMILES string of the molecule is C[C@H](C(=O)OCC(=O)Nc1ccc(Cl)cc1)N1C(=O)[C@@H]2[C@H]3CC[C@@H](C3)[C@H]2C1=O. The Kier molecular flexibility index (Phi) is 4.87. The fraction of sp³-hybridized carbons (Fsp3) is 0.500. The van der Waals surface area contributed by atoms with E-state index in [1.165, 1.54) is 6.92 Å². The molecule has 2 aliphatic carbocycles. The van der Waals surface area contributed by atoms with Gasteiger partial charge in [0.25, 0.3) is 5.91 Å². The van der Waals surface area contributed by atoms with Crippen LogP contribution in [-0.2, 0) is 23.9 Å². The lowest BCUT2D eigenvalue weighted by Gasteiger charge is -2.23. The van der Waals surface area contributed by atoms with E-state index in [1.807, 2.05) is 0 Å². The minimum atomic E-state index is -1.03. The molecule has 1 saturated heterocycles. The number of hydrogen-bond donors (Lipinski definition) is 1. The first-order chi connectivity index (χ1) is 13.4. The molecule has 8 heteroatoms. The van der Waals surface area contributed by atoms with Crippen LogP contribution in [0.5, 0.6) is 0 Å². The highest BCUT2D eigenvalue weighted by Crippen LogP contribution is 2.56. The van der Waals surface area contributed by atoms with Gasteiger partial charge in [-0.25, -0.2) is 4.79 Å². The number of ether oxygens (including phenoxy) is 1. The first kappa shape index (κ1) is 18.9. The van der Waals surface area contributed by atoms with Crippen molar-refractivity contribution < 1.29 is 23.9 Å². The van der Waals surface area contributed by atoms with E-state index in [0.29, 0.717) is 10.7 Å². The summed E-state index contributed by atoms with van der Waals surface area (Å²) in [5.41, 5.74) is 0.520. The van der Waals surface area contributed by atoms with Crippen LogP contribution < -0.4 is 5.32 Å². The van der Waals surface area contributed by atoms with Gasteiger partial charge in [0.05, 0.1) is 11.8 Å². The van der Waals surface area contributed by atoms with Crippen molar-refractivity contribution in [2.24, 2.45) is 23.7 Å². The molecule has 28 heavy (non-hydrogen) atoms. The molecular weight excluding hydrogens is 384 g/mol. The monoisotopic (exact) mass is 404 g/mol. The summed E-state index contributed by atoms with van der Waals surface area (Å²) in [6.45, 7) is 0.971. The van der Waals surface area contributed by atoms with Gasteiger partial charge in [-0.05, 0) is 62.3 Å². The van der Waals surface area contributed by atoms with E-state index in [1.54, 1.807) is 24.3 Å². The maximum atomic E-state index is 12.7. The number of nitrogens with one attached hydrogen (secondary N) is 1. The second-order valence-corrected chi connectivity index (χ2v) is 8.21. The zero-order chi connectivity index (χ0) is 20.0. The van der Waals surface area contributed by atoms with Crippen molar-refractivity contribution in [3.05, 3.63) is 29.3 Å². The van der Waals surface area contributed by atoms with Gasteiger partial charge in [-0.1, -0.05) is 11.6 Å². The molecule has 1 heterocycles. The molecule has 2 bridgehead atoms. The number of imide groups is 1. The van der Waals surface area contributed by atoms with Gasteiger partial charge in [-0.15, -0.1) is 0 Å². The standard InChI is InChI=1S/C20H21ClN2O5/c1-10(20(27)28-9-15(24)22-14-6-4-13(21)5-7-14)23-18(25)16-11-2-3-12(8-11)17(16)19(23)26/h4-7,10-12,16-17H,2-3,8-9H2,1H3,(H,22,24)/t10-,11+,12+,16-,17-/m1/s1. The molecule has 4 rings (SSSR count). The molecule has 1 aromatic carbocycles. The van der Waals surface area contributed by atoms with Gasteiger partial charge in [-0.2, -0.15) is 0 Å². The lowest BCUT2D eigenvalue weighted by atomic mass is 9.81. The lowest BCUT2D eigenvalue weighted by molar-refractivity contribution is -0.159. The van der Waals surface area contributed by atoms with Crippen LogP contribution in [-0.4, -0.2) is 41.2 Å². The highest BCUT2D eigenvalue weighted by molar-refractivity contribution is 6.30. The van der Waals surface area contributed by atoms with Gasteiger partial charge in [0.2, 0.25) is 11.8 Å². The Morgan fingerprint density at radius 1 is 1.14 bits per heavy atom. The molecule has 7 nitrogen and oxygen atoms in total. The smallest absolute Gasteiger partial charge is 0.329 e. The Morgan fingerprint density at radius 3 is 2.29 bits per heavy atom. The minimum absolute atomic E-state index is 0.254. The molecule has 1 N–H and O–H groups in total. The normalized spacial score (nSPS) is 29.0. The van der Waals surface area contributed by atoms with Crippen LogP contribution in [0.25, 0.3) is 0 Å². The quantitative estimate of drug-likeness (QED) is 0.600. The molecule has 0 aromatic heterocycles. The largest absolute Gasteiger partial charge is 0.454 e. The molecule has 1 aromatic rings. The first-order valence-electron chi connectivity index (χ1n) is 9.45. The molecule has 3 amide bonds. The van der Waals surface area contributed by atoms with Crippen molar-refractivity contribution >= 4 is 41.0 Å². The summed E-state index contributed by atoms with van der Waals surface area (Å²) < 4.78 is 5.04. The number of benzene rings is 1. The molecule has 2 saturated carbocycles. The summed E-state index contributed by atoms with van der Waals surface area (Å²) in [7, 11) is 0. The van der Waals surface area contributed by atoms with Gasteiger partial charge in [0, 0.05) is 10.7 Å². The predicted molar refractivity (Wildman–Crippen MR) is 100 cm³/mol. The number of amides is 3. The third-order valence-corrected chi connectivity index (χ3v) is 6.42. The number of rotatable bonds is 5. The first-order valence-corrected chi connectivity index (χ1v) is 9.83. The Bertz CT molecular complexity index is 812. The topological polar surface area (TPSA) is 92.8 Å². The number of hydrogen-bond acceptors (Lipinski definition) is 5. The van der Waals surface area contributed by atoms with Gasteiger partial charge in [0.15, 0.2) is 6.61 Å². The van der Waals surface area contributed by atoms with Gasteiger partial charge < -0.3 is 10.1 Å². The van der Waals surface area contributed by atoms with E-state index in [0.717, 1.165) is 24.2 Å². The van der Waals surface area contributed by atoms with Crippen LogP contribution >= 0.6 is 11.6 Å². The fourth-order valence-corrected chi connectivity index (χ4v) is 5.03. The Balaban J connectivity index is 1.33. The van der Waals surface area contributed by atoms with E-state index in [4.69, 9.17) is 16.3 Å². The Morgan fingerprint density at radius 2 is 1.71 bits per heavy atom. The predicted octanol–water partition coefficient (Wildman–Crippen LogP) is 2.24. The zero-order valence-corrected chi connectivity index (χ0v) is 16.1. The van der Waals surface area contributed by atoms with Crippen LogP contribution in [0.4, 0.5) is 5.69 Å². The molecule has 5 atom stereocenters. The second-order valence-electron chi connectivity index (χ2n) is 7.77. The van der Waals surface area contributed by atoms with Crippen LogP contribution in [0.1, 0.15) is 26.2 Å². The number of nitrogens with zero attached hydrogens (tertiary/aromatic N) is 1. The third-order valence-electron chi connectivity index (χ3n) is 6.16. The molecule has 148 valence electrons. The zero-order valence-electron chi connectivity index (χ0n) is 15.4. The van der Waals surface area contributed by atoms with Crippen LogP contribution in [0.2, 0.25) is 5.02 Å². The summed E-state index contributed by atoms with van der Waals surface area (Å²) in [6, 6.07) is 5.46. The summed E-state index contributed by atoms with van der Waals surface area (Å²) in [5, 5.41) is 3.12. The van der Waals surface area contributed by atoms with E-state index in [-0.39, 0.29) is 35.5 Å². The third kappa shape index (κ3) is 3.17. The number of carbonyl (C=O) groups is 4. The summed E-state index contributed by atoms with van der Waals surface area (Å²) in [4.78, 5) is 50.9. The average molecular weight is 405 g/mol. The van der Waals surface area contributed by atoms with Gasteiger partial charge >= 0.3 is 5.97 Å².